The van der Waals surface area contributed by atoms with E-state index >= 15 is 0 Å². The molecule has 0 aliphatic carbocycles. The molecule has 0 unspecified atom stereocenters. The highest BCUT2D eigenvalue weighted by Crippen LogP contribution is 2.25. The van der Waals surface area contributed by atoms with E-state index in [1.165, 1.54) is 19.2 Å². The smallest absolute Gasteiger partial charge is 0.264 e. The minimum absolute atomic E-state index is 0.105. The van der Waals surface area contributed by atoms with E-state index in [1.807, 2.05) is 31.2 Å². The lowest BCUT2D eigenvalue weighted by atomic mass is 10.2. The number of ether oxygens (including phenoxy) is 2. The fraction of sp³-hybridized carbons (Fsp3) is 0.208. The first-order valence-electron chi connectivity index (χ1n) is 10.1. The maximum Gasteiger partial charge on any atom is 0.264 e. The van der Waals surface area contributed by atoms with Crippen molar-refractivity contribution in [2.24, 2.45) is 0 Å². The molecule has 0 fully saturated rings. The van der Waals surface area contributed by atoms with Crippen molar-refractivity contribution in [1.29, 1.82) is 0 Å². The first kappa shape index (κ1) is 23.1. The highest BCUT2D eigenvalue weighted by atomic mass is 32.2. The number of benzene rings is 3. The number of hydrogen-bond acceptors (Lipinski definition) is 5. The molecule has 0 heterocycles. The Hall–Kier alpha value is -3.52. The van der Waals surface area contributed by atoms with Crippen LogP contribution in [0.25, 0.3) is 0 Å². The zero-order valence-electron chi connectivity index (χ0n) is 18.0. The Balaban J connectivity index is 1.80. The summed E-state index contributed by atoms with van der Waals surface area (Å²) in [6.07, 6.45) is 0. The van der Waals surface area contributed by atoms with Crippen LogP contribution in [0.5, 0.6) is 11.5 Å². The summed E-state index contributed by atoms with van der Waals surface area (Å²) in [5.41, 5.74) is 1.22. The molecule has 0 spiro atoms. The second-order valence-electron chi connectivity index (χ2n) is 6.88. The number of carbonyl (C=O) groups is 1. The van der Waals surface area contributed by atoms with E-state index in [-0.39, 0.29) is 18.0 Å². The molecular formula is C24H26N2O5S. The van der Waals surface area contributed by atoms with Crippen molar-refractivity contribution >= 4 is 21.6 Å². The largest absolute Gasteiger partial charge is 0.497 e. The zero-order chi connectivity index (χ0) is 23.0. The average molecular weight is 455 g/mol. The van der Waals surface area contributed by atoms with Gasteiger partial charge in [-0.25, -0.2) is 8.42 Å². The minimum atomic E-state index is -3.95. The molecule has 3 aromatic rings. The molecule has 7 nitrogen and oxygen atoms in total. The van der Waals surface area contributed by atoms with Gasteiger partial charge in [0.15, 0.2) is 0 Å². The van der Waals surface area contributed by atoms with E-state index in [2.05, 4.69) is 5.32 Å². The Kier molecular flexibility index (Phi) is 7.72. The van der Waals surface area contributed by atoms with Crippen molar-refractivity contribution in [2.45, 2.75) is 18.4 Å². The summed E-state index contributed by atoms with van der Waals surface area (Å²) >= 11 is 0. The number of sulfonamides is 1. The van der Waals surface area contributed by atoms with E-state index in [0.717, 1.165) is 9.87 Å². The molecule has 0 bridgehead atoms. The van der Waals surface area contributed by atoms with Gasteiger partial charge in [0.2, 0.25) is 5.91 Å². The Bertz CT molecular complexity index is 1130. The summed E-state index contributed by atoms with van der Waals surface area (Å²) in [6.45, 7) is 2.33. The van der Waals surface area contributed by atoms with Gasteiger partial charge in [0.05, 0.1) is 24.3 Å². The van der Waals surface area contributed by atoms with E-state index in [4.69, 9.17) is 9.47 Å². The van der Waals surface area contributed by atoms with Crippen molar-refractivity contribution in [3.63, 3.8) is 0 Å². The van der Waals surface area contributed by atoms with Crippen molar-refractivity contribution in [1.82, 2.24) is 5.32 Å². The Morgan fingerprint density at radius 1 is 0.938 bits per heavy atom. The van der Waals surface area contributed by atoms with Gasteiger partial charge in [-0.05, 0) is 61.0 Å². The van der Waals surface area contributed by atoms with E-state index in [0.29, 0.717) is 23.8 Å². The number of rotatable bonds is 10. The highest BCUT2D eigenvalue weighted by molar-refractivity contribution is 7.92. The third-order valence-electron chi connectivity index (χ3n) is 4.68. The minimum Gasteiger partial charge on any atom is -0.497 e. The van der Waals surface area contributed by atoms with Crippen molar-refractivity contribution < 1.29 is 22.7 Å². The van der Waals surface area contributed by atoms with Crippen LogP contribution in [0.2, 0.25) is 0 Å². The molecule has 0 atom stereocenters. The molecular weight excluding hydrogens is 428 g/mol. The van der Waals surface area contributed by atoms with Gasteiger partial charge in [-0.15, -0.1) is 0 Å². The quantitative estimate of drug-likeness (QED) is 0.506. The lowest BCUT2D eigenvalue weighted by Gasteiger charge is -2.24. The van der Waals surface area contributed by atoms with Gasteiger partial charge in [0.1, 0.15) is 18.0 Å². The first-order valence-corrected chi connectivity index (χ1v) is 11.6. The number of methoxy groups -OCH3 is 1. The predicted octanol–water partition coefficient (Wildman–Crippen LogP) is 3.61. The molecule has 0 saturated heterocycles. The Labute approximate surface area is 188 Å². The van der Waals surface area contributed by atoms with Crippen LogP contribution in [-0.4, -0.2) is 34.6 Å². The number of anilines is 1. The summed E-state index contributed by atoms with van der Waals surface area (Å²) in [7, 11) is -2.42. The Morgan fingerprint density at radius 3 is 2.31 bits per heavy atom. The summed E-state index contributed by atoms with van der Waals surface area (Å²) in [4.78, 5) is 12.8. The summed E-state index contributed by atoms with van der Waals surface area (Å²) in [6, 6.07) is 21.9. The zero-order valence-corrected chi connectivity index (χ0v) is 18.8. The SMILES string of the molecule is CCOc1cccc(CNC(=O)CN(c2ccc(OC)cc2)S(=O)(=O)c2ccccc2)c1. The van der Waals surface area contributed by atoms with Gasteiger partial charge >= 0.3 is 0 Å². The molecule has 0 aliphatic rings. The van der Waals surface area contributed by atoms with E-state index < -0.39 is 15.9 Å². The third kappa shape index (κ3) is 5.79. The molecule has 168 valence electrons. The molecule has 3 aromatic carbocycles. The van der Waals surface area contributed by atoms with Crippen LogP contribution in [0.4, 0.5) is 5.69 Å². The lowest BCUT2D eigenvalue weighted by molar-refractivity contribution is -0.119. The molecule has 8 heteroatoms. The van der Waals surface area contributed by atoms with Crippen LogP contribution in [0.3, 0.4) is 0 Å². The summed E-state index contributed by atoms with van der Waals surface area (Å²) in [5, 5.41) is 2.79. The van der Waals surface area contributed by atoms with Gasteiger partial charge in [-0.3, -0.25) is 9.10 Å². The maximum absolute atomic E-state index is 13.3. The third-order valence-corrected chi connectivity index (χ3v) is 6.47. The molecule has 32 heavy (non-hydrogen) atoms. The molecule has 0 aromatic heterocycles. The van der Waals surface area contributed by atoms with Crippen LogP contribution in [0.1, 0.15) is 12.5 Å². The molecule has 0 saturated carbocycles. The number of amides is 1. The summed E-state index contributed by atoms with van der Waals surface area (Å²) in [5.74, 6) is 0.873. The molecule has 1 amide bonds. The molecule has 3 rings (SSSR count). The normalized spacial score (nSPS) is 10.9. The van der Waals surface area contributed by atoms with Crippen LogP contribution < -0.4 is 19.1 Å². The maximum atomic E-state index is 13.3. The Morgan fingerprint density at radius 2 is 1.66 bits per heavy atom. The van der Waals surface area contributed by atoms with Crippen molar-refractivity contribution in [3.05, 3.63) is 84.4 Å². The van der Waals surface area contributed by atoms with Crippen LogP contribution >= 0.6 is 0 Å². The van der Waals surface area contributed by atoms with Crippen molar-refractivity contribution in [2.75, 3.05) is 24.6 Å². The standard InChI is InChI=1S/C24H26N2O5S/c1-3-31-22-9-7-8-19(16-22)17-25-24(27)18-26(20-12-14-21(30-2)15-13-20)32(28,29)23-10-5-4-6-11-23/h4-16H,3,17-18H2,1-2H3,(H,25,27). The molecule has 0 radical (unpaired) electrons. The van der Waals surface area contributed by atoms with E-state index in [1.54, 1.807) is 42.5 Å². The van der Waals surface area contributed by atoms with Gasteiger partial charge in [-0.1, -0.05) is 30.3 Å². The van der Waals surface area contributed by atoms with E-state index in [9.17, 15) is 13.2 Å². The van der Waals surface area contributed by atoms with Crippen LogP contribution in [0.15, 0.2) is 83.8 Å². The fourth-order valence-electron chi connectivity index (χ4n) is 3.08. The average Bonchev–Trinajstić information content (AvgIpc) is 2.82. The second kappa shape index (κ2) is 10.7. The number of hydrogen-bond donors (Lipinski definition) is 1. The number of nitrogens with one attached hydrogen (secondary N) is 1. The summed E-state index contributed by atoms with van der Waals surface area (Å²) < 4.78 is 38.3. The first-order chi connectivity index (χ1) is 15.4. The second-order valence-corrected chi connectivity index (χ2v) is 8.74. The van der Waals surface area contributed by atoms with Crippen molar-refractivity contribution in [3.8, 4) is 11.5 Å². The lowest BCUT2D eigenvalue weighted by Crippen LogP contribution is -2.40. The van der Waals surface area contributed by atoms with Gasteiger partial charge in [0.25, 0.3) is 10.0 Å². The molecule has 0 aliphatic heterocycles. The van der Waals surface area contributed by atoms with Crippen LogP contribution in [0, 0.1) is 0 Å². The number of carbonyl (C=O) groups excluding carboxylic acids is 1. The fourth-order valence-corrected chi connectivity index (χ4v) is 4.52. The highest BCUT2D eigenvalue weighted by Gasteiger charge is 2.27. The molecule has 1 N–H and O–H groups in total. The topological polar surface area (TPSA) is 84.9 Å². The van der Waals surface area contributed by atoms with Gasteiger partial charge in [-0.2, -0.15) is 0 Å². The van der Waals surface area contributed by atoms with Gasteiger partial charge < -0.3 is 14.8 Å². The van der Waals surface area contributed by atoms with Crippen LogP contribution in [-0.2, 0) is 21.4 Å². The number of nitrogens with zero attached hydrogens (tertiary/aromatic N) is 1. The van der Waals surface area contributed by atoms with Gasteiger partial charge in [0, 0.05) is 6.54 Å². The predicted molar refractivity (Wildman–Crippen MR) is 123 cm³/mol. The monoisotopic (exact) mass is 454 g/mol.